The maximum absolute atomic E-state index is 12.8. The van der Waals surface area contributed by atoms with Crippen molar-refractivity contribution in [3.8, 4) is 0 Å². The number of carbonyl (C=O) groups is 1. The van der Waals surface area contributed by atoms with E-state index in [-0.39, 0.29) is 11.9 Å². The number of fused-ring (bicyclic) bond motifs is 1. The highest BCUT2D eigenvalue weighted by Gasteiger charge is 2.24. The average molecular weight is 294 g/mol. The van der Waals surface area contributed by atoms with Gasteiger partial charge in [0.25, 0.3) is 5.91 Å². The van der Waals surface area contributed by atoms with E-state index in [9.17, 15) is 4.79 Å². The molecule has 1 amide bonds. The lowest BCUT2D eigenvalue weighted by Crippen LogP contribution is -2.29. The number of hydrogen-bond donors (Lipinski definition) is 0. The van der Waals surface area contributed by atoms with Gasteiger partial charge in [-0.05, 0) is 37.6 Å². The fourth-order valence-corrected chi connectivity index (χ4v) is 2.58. The SMILES string of the molecule is Cc1c(C(=O)N(C)C(C)c2ccncc2)oc2ccccc12. The number of pyridine rings is 1. The monoisotopic (exact) mass is 294 g/mol. The van der Waals surface area contributed by atoms with Crippen molar-refractivity contribution in [2.75, 3.05) is 7.05 Å². The summed E-state index contributed by atoms with van der Waals surface area (Å²) in [5, 5.41) is 0.982. The second kappa shape index (κ2) is 5.64. The van der Waals surface area contributed by atoms with Crippen molar-refractivity contribution in [3.63, 3.8) is 0 Å². The summed E-state index contributed by atoms with van der Waals surface area (Å²) in [7, 11) is 1.79. The molecule has 1 aromatic carbocycles. The lowest BCUT2D eigenvalue weighted by atomic mass is 10.1. The van der Waals surface area contributed by atoms with Crippen molar-refractivity contribution >= 4 is 16.9 Å². The van der Waals surface area contributed by atoms with E-state index in [0.29, 0.717) is 5.76 Å². The van der Waals surface area contributed by atoms with Gasteiger partial charge in [0, 0.05) is 30.4 Å². The number of aromatic nitrogens is 1. The fourth-order valence-electron chi connectivity index (χ4n) is 2.58. The second-order valence-electron chi connectivity index (χ2n) is 5.42. The van der Waals surface area contributed by atoms with Crippen molar-refractivity contribution in [3.05, 3.63) is 65.7 Å². The molecule has 0 bridgehead atoms. The maximum atomic E-state index is 12.8. The van der Waals surface area contributed by atoms with Gasteiger partial charge < -0.3 is 9.32 Å². The molecule has 1 unspecified atom stereocenters. The van der Waals surface area contributed by atoms with Crippen LogP contribution in [-0.2, 0) is 0 Å². The third-order valence-corrected chi connectivity index (χ3v) is 4.13. The number of hydrogen-bond acceptors (Lipinski definition) is 3. The van der Waals surface area contributed by atoms with Gasteiger partial charge in [0.15, 0.2) is 5.76 Å². The molecule has 0 N–H and O–H groups in total. The van der Waals surface area contributed by atoms with E-state index >= 15 is 0 Å². The molecule has 2 heterocycles. The number of furan rings is 1. The van der Waals surface area contributed by atoms with Crippen LogP contribution in [0.4, 0.5) is 0 Å². The highest BCUT2D eigenvalue weighted by atomic mass is 16.3. The molecule has 0 saturated carbocycles. The Morgan fingerprint density at radius 3 is 2.55 bits per heavy atom. The van der Waals surface area contributed by atoms with Gasteiger partial charge in [0.2, 0.25) is 0 Å². The minimum absolute atomic E-state index is 0.0527. The maximum Gasteiger partial charge on any atom is 0.290 e. The van der Waals surface area contributed by atoms with Gasteiger partial charge in [-0.25, -0.2) is 0 Å². The first-order valence-electron chi connectivity index (χ1n) is 7.25. The molecule has 1 atom stereocenters. The zero-order valence-electron chi connectivity index (χ0n) is 12.9. The third kappa shape index (κ3) is 2.37. The van der Waals surface area contributed by atoms with Crippen LogP contribution < -0.4 is 0 Å². The molecular formula is C18H18N2O2. The van der Waals surface area contributed by atoms with E-state index in [0.717, 1.165) is 22.1 Å². The highest BCUT2D eigenvalue weighted by Crippen LogP contribution is 2.28. The molecule has 2 aromatic heterocycles. The molecule has 3 rings (SSSR count). The molecule has 0 aliphatic carbocycles. The molecule has 0 spiro atoms. The zero-order chi connectivity index (χ0) is 15.7. The van der Waals surface area contributed by atoms with Gasteiger partial charge in [-0.15, -0.1) is 0 Å². The molecule has 4 heteroatoms. The molecule has 3 aromatic rings. The standard InChI is InChI=1S/C18H18N2O2/c1-12-15-6-4-5-7-16(15)22-17(12)18(21)20(3)13(2)14-8-10-19-11-9-14/h4-11,13H,1-3H3. The van der Waals surface area contributed by atoms with Gasteiger partial charge in [-0.1, -0.05) is 18.2 Å². The Balaban J connectivity index is 1.93. The Morgan fingerprint density at radius 1 is 1.18 bits per heavy atom. The third-order valence-electron chi connectivity index (χ3n) is 4.13. The van der Waals surface area contributed by atoms with Crippen molar-refractivity contribution in [1.29, 1.82) is 0 Å². The van der Waals surface area contributed by atoms with E-state index < -0.39 is 0 Å². The number of amides is 1. The van der Waals surface area contributed by atoms with Crippen LogP contribution in [0.15, 0.2) is 53.2 Å². The lowest BCUT2D eigenvalue weighted by molar-refractivity contribution is 0.0711. The van der Waals surface area contributed by atoms with E-state index in [1.54, 1.807) is 24.3 Å². The Hall–Kier alpha value is -2.62. The molecule has 0 aliphatic heterocycles. The predicted molar refractivity (Wildman–Crippen MR) is 85.7 cm³/mol. The van der Waals surface area contributed by atoms with Gasteiger partial charge in [-0.3, -0.25) is 9.78 Å². The summed E-state index contributed by atoms with van der Waals surface area (Å²) in [6.07, 6.45) is 3.47. The number of carbonyl (C=O) groups excluding carboxylic acids is 1. The molecule has 112 valence electrons. The quantitative estimate of drug-likeness (QED) is 0.734. The molecule has 4 nitrogen and oxygen atoms in total. The second-order valence-corrected chi connectivity index (χ2v) is 5.42. The summed E-state index contributed by atoms with van der Waals surface area (Å²) in [5.74, 6) is 0.294. The minimum Gasteiger partial charge on any atom is -0.451 e. The summed E-state index contributed by atoms with van der Waals surface area (Å²) >= 11 is 0. The normalized spacial score (nSPS) is 12.3. The minimum atomic E-state index is -0.113. The topological polar surface area (TPSA) is 46.3 Å². The van der Waals surface area contributed by atoms with Crippen LogP contribution in [0, 0.1) is 6.92 Å². The largest absolute Gasteiger partial charge is 0.451 e. The summed E-state index contributed by atoms with van der Waals surface area (Å²) in [5.41, 5.74) is 2.67. The van der Waals surface area contributed by atoms with E-state index in [2.05, 4.69) is 4.98 Å². The van der Waals surface area contributed by atoms with E-state index in [1.807, 2.05) is 50.2 Å². The fraction of sp³-hybridized carbons (Fsp3) is 0.222. The van der Waals surface area contributed by atoms with E-state index in [1.165, 1.54) is 0 Å². The van der Waals surface area contributed by atoms with Crippen LogP contribution in [0.25, 0.3) is 11.0 Å². The molecule has 0 fully saturated rings. The van der Waals surface area contributed by atoms with Gasteiger partial charge >= 0.3 is 0 Å². The van der Waals surface area contributed by atoms with Crippen molar-refractivity contribution in [1.82, 2.24) is 9.88 Å². The van der Waals surface area contributed by atoms with Crippen LogP contribution in [0.1, 0.15) is 34.6 Å². The lowest BCUT2D eigenvalue weighted by Gasteiger charge is -2.24. The Kier molecular flexibility index (Phi) is 3.67. The van der Waals surface area contributed by atoms with Gasteiger partial charge in [0.05, 0.1) is 6.04 Å². The first-order chi connectivity index (χ1) is 10.6. The average Bonchev–Trinajstić information content (AvgIpc) is 2.91. The molecule has 22 heavy (non-hydrogen) atoms. The number of benzene rings is 1. The number of aryl methyl sites for hydroxylation is 1. The van der Waals surface area contributed by atoms with E-state index in [4.69, 9.17) is 4.42 Å². The first kappa shape index (κ1) is 14.3. The summed E-state index contributed by atoms with van der Waals surface area (Å²) < 4.78 is 5.76. The van der Waals surface area contributed by atoms with Crippen LogP contribution in [-0.4, -0.2) is 22.8 Å². The van der Waals surface area contributed by atoms with Crippen LogP contribution in [0.5, 0.6) is 0 Å². The molecular weight excluding hydrogens is 276 g/mol. The number of para-hydroxylation sites is 1. The molecule has 0 saturated heterocycles. The van der Waals surface area contributed by atoms with Crippen molar-refractivity contribution < 1.29 is 9.21 Å². The number of nitrogens with zero attached hydrogens (tertiary/aromatic N) is 2. The summed E-state index contributed by atoms with van der Waals surface area (Å²) in [4.78, 5) is 18.5. The Bertz CT molecular complexity index is 808. The van der Waals surface area contributed by atoms with Crippen molar-refractivity contribution in [2.45, 2.75) is 19.9 Å². The number of rotatable bonds is 3. The summed E-state index contributed by atoms with van der Waals surface area (Å²) in [6.45, 7) is 3.91. The summed E-state index contributed by atoms with van der Waals surface area (Å²) in [6, 6.07) is 11.5. The highest BCUT2D eigenvalue weighted by molar-refractivity contribution is 5.98. The van der Waals surface area contributed by atoms with Crippen LogP contribution >= 0.6 is 0 Å². The van der Waals surface area contributed by atoms with Crippen LogP contribution in [0.2, 0.25) is 0 Å². The van der Waals surface area contributed by atoms with Crippen molar-refractivity contribution in [2.24, 2.45) is 0 Å². The molecule has 0 aliphatic rings. The zero-order valence-corrected chi connectivity index (χ0v) is 12.9. The smallest absolute Gasteiger partial charge is 0.290 e. The Morgan fingerprint density at radius 2 is 1.86 bits per heavy atom. The first-order valence-corrected chi connectivity index (χ1v) is 7.25. The van der Waals surface area contributed by atoms with Crippen LogP contribution in [0.3, 0.4) is 0 Å². The molecule has 0 radical (unpaired) electrons. The van der Waals surface area contributed by atoms with Gasteiger partial charge in [-0.2, -0.15) is 0 Å². The Labute approximate surface area is 129 Å². The van der Waals surface area contributed by atoms with Gasteiger partial charge in [0.1, 0.15) is 5.58 Å². The predicted octanol–water partition coefficient (Wildman–Crippen LogP) is 3.97.